The summed E-state index contributed by atoms with van der Waals surface area (Å²) < 4.78 is 0. The molecule has 1 unspecified atom stereocenters. The van der Waals surface area contributed by atoms with Crippen molar-refractivity contribution in [3.8, 4) is 0 Å². The number of nitrogens with one attached hydrogen (secondary N) is 1. The Morgan fingerprint density at radius 3 is 2.71 bits per heavy atom. The van der Waals surface area contributed by atoms with Gasteiger partial charge in [-0.2, -0.15) is 11.8 Å². The molecule has 0 saturated carbocycles. The first-order valence-electron chi connectivity index (χ1n) is 5.28. The molecule has 0 fully saturated rings. The van der Waals surface area contributed by atoms with Crippen molar-refractivity contribution < 1.29 is 5.11 Å². The minimum Gasteiger partial charge on any atom is -0.391 e. The Hall–Kier alpha value is 0.230. The van der Waals surface area contributed by atoms with Gasteiger partial charge in [-0.05, 0) is 27.1 Å². The molecule has 0 aromatic carbocycles. The maximum absolute atomic E-state index is 9.54. The highest BCUT2D eigenvalue weighted by molar-refractivity contribution is 7.99. The summed E-state index contributed by atoms with van der Waals surface area (Å²) in [7, 11) is 4.14. The fourth-order valence-electron chi connectivity index (χ4n) is 0.971. The van der Waals surface area contributed by atoms with Gasteiger partial charge in [0.2, 0.25) is 0 Å². The van der Waals surface area contributed by atoms with Crippen molar-refractivity contribution in [2.75, 3.05) is 45.2 Å². The smallest absolute Gasteiger partial charge is 0.0754 e. The number of hydrogen-bond donors (Lipinski definition) is 2. The molecule has 0 aromatic rings. The van der Waals surface area contributed by atoms with Crippen LogP contribution in [0.25, 0.3) is 0 Å². The number of rotatable bonds is 9. The molecule has 0 radical (unpaired) electrons. The molecule has 0 spiro atoms. The van der Waals surface area contributed by atoms with Crippen molar-refractivity contribution >= 4 is 11.8 Å². The summed E-state index contributed by atoms with van der Waals surface area (Å²) in [6, 6.07) is 0. The Morgan fingerprint density at radius 2 is 2.14 bits per heavy atom. The molecule has 4 heteroatoms. The third-order valence-corrected chi connectivity index (χ3v) is 2.89. The van der Waals surface area contributed by atoms with Crippen LogP contribution in [0.5, 0.6) is 0 Å². The van der Waals surface area contributed by atoms with Crippen LogP contribution in [0.1, 0.15) is 13.3 Å². The van der Waals surface area contributed by atoms with Crippen molar-refractivity contribution in [2.45, 2.75) is 19.4 Å². The van der Waals surface area contributed by atoms with Gasteiger partial charge in [0.05, 0.1) is 6.10 Å². The van der Waals surface area contributed by atoms with Gasteiger partial charge in [-0.25, -0.2) is 0 Å². The van der Waals surface area contributed by atoms with E-state index < -0.39 is 0 Å². The second-order valence-corrected chi connectivity index (χ2v) is 4.89. The van der Waals surface area contributed by atoms with Gasteiger partial charge in [-0.3, -0.25) is 0 Å². The molecule has 0 bridgehead atoms. The second kappa shape index (κ2) is 9.77. The normalized spacial score (nSPS) is 13.5. The first kappa shape index (κ1) is 14.2. The lowest BCUT2D eigenvalue weighted by Crippen LogP contribution is -2.29. The van der Waals surface area contributed by atoms with Gasteiger partial charge in [-0.15, -0.1) is 0 Å². The van der Waals surface area contributed by atoms with Crippen molar-refractivity contribution in [1.82, 2.24) is 10.2 Å². The van der Waals surface area contributed by atoms with Crippen LogP contribution in [0.3, 0.4) is 0 Å². The van der Waals surface area contributed by atoms with Crippen LogP contribution in [0.15, 0.2) is 0 Å². The molecule has 0 aromatic heterocycles. The molecule has 0 aliphatic heterocycles. The maximum atomic E-state index is 9.54. The van der Waals surface area contributed by atoms with Gasteiger partial charge in [0.1, 0.15) is 0 Å². The monoisotopic (exact) mass is 220 g/mol. The Morgan fingerprint density at radius 1 is 1.43 bits per heavy atom. The molecule has 1 atom stereocenters. The molecular weight excluding hydrogens is 196 g/mol. The van der Waals surface area contributed by atoms with Crippen LogP contribution < -0.4 is 5.32 Å². The van der Waals surface area contributed by atoms with E-state index in [2.05, 4.69) is 31.2 Å². The number of aliphatic hydroxyl groups excluding tert-OH is 1. The molecular formula is C10H24N2OS. The highest BCUT2D eigenvalue weighted by Crippen LogP contribution is 2.02. The topological polar surface area (TPSA) is 35.5 Å². The Kier molecular flexibility index (Phi) is 9.93. The SMILES string of the molecule is CCCNCC(O)CSCCN(C)C. The highest BCUT2D eigenvalue weighted by Gasteiger charge is 2.02. The van der Waals surface area contributed by atoms with E-state index in [9.17, 15) is 5.11 Å². The fourth-order valence-corrected chi connectivity index (χ4v) is 2.02. The summed E-state index contributed by atoms with van der Waals surface area (Å²) in [5.41, 5.74) is 0. The first-order valence-corrected chi connectivity index (χ1v) is 6.43. The summed E-state index contributed by atoms with van der Waals surface area (Å²) >= 11 is 1.82. The van der Waals surface area contributed by atoms with Crippen molar-refractivity contribution in [3.63, 3.8) is 0 Å². The number of hydrogen-bond acceptors (Lipinski definition) is 4. The second-order valence-electron chi connectivity index (χ2n) is 3.74. The molecule has 0 aliphatic carbocycles. The van der Waals surface area contributed by atoms with E-state index in [0.29, 0.717) is 0 Å². The third kappa shape index (κ3) is 10.3. The third-order valence-electron chi connectivity index (χ3n) is 1.80. The number of thioether (sulfide) groups is 1. The van der Waals surface area contributed by atoms with E-state index in [-0.39, 0.29) is 6.10 Å². The van der Waals surface area contributed by atoms with Gasteiger partial charge < -0.3 is 15.3 Å². The standard InChI is InChI=1S/C10H24N2OS/c1-4-5-11-8-10(13)9-14-7-6-12(2)3/h10-11,13H,4-9H2,1-3H3. The van der Waals surface area contributed by atoms with Gasteiger partial charge >= 0.3 is 0 Å². The molecule has 0 heterocycles. The van der Waals surface area contributed by atoms with Crippen LogP contribution >= 0.6 is 11.8 Å². The zero-order chi connectivity index (χ0) is 10.8. The zero-order valence-electron chi connectivity index (χ0n) is 9.62. The minimum absolute atomic E-state index is 0.200. The van der Waals surface area contributed by atoms with Crippen molar-refractivity contribution in [2.24, 2.45) is 0 Å². The summed E-state index contributed by atoms with van der Waals surface area (Å²) in [5, 5.41) is 12.8. The molecule has 0 rings (SSSR count). The first-order chi connectivity index (χ1) is 6.66. The molecule has 0 aliphatic rings. The number of nitrogens with zero attached hydrogens (tertiary/aromatic N) is 1. The van der Waals surface area contributed by atoms with Gasteiger partial charge in [0, 0.05) is 24.6 Å². The molecule has 3 nitrogen and oxygen atoms in total. The highest BCUT2D eigenvalue weighted by atomic mass is 32.2. The Labute approximate surface area is 92.3 Å². The summed E-state index contributed by atoms with van der Waals surface area (Å²) in [4.78, 5) is 2.16. The predicted molar refractivity (Wildman–Crippen MR) is 65.0 cm³/mol. The fraction of sp³-hybridized carbons (Fsp3) is 1.00. The van der Waals surface area contributed by atoms with Crippen molar-refractivity contribution in [3.05, 3.63) is 0 Å². The predicted octanol–water partition coefficient (Wildman–Crippen LogP) is 0.642. The summed E-state index contributed by atoms with van der Waals surface area (Å²) in [5.74, 6) is 1.93. The lowest BCUT2D eigenvalue weighted by atomic mass is 10.4. The quantitative estimate of drug-likeness (QED) is 0.559. The largest absolute Gasteiger partial charge is 0.391 e. The minimum atomic E-state index is -0.200. The van der Waals surface area contributed by atoms with Crippen LogP contribution in [0.4, 0.5) is 0 Å². The van der Waals surface area contributed by atoms with Crippen LogP contribution in [0, 0.1) is 0 Å². The van der Waals surface area contributed by atoms with Crippen molar-refractivity contribution in [1.29, 1.82) is 0 Å². The van der Waals surface area contributed by atoms with Gasteiger partial charge in [0.15, 0.2) is 0 Å². The van der Waals surface area contributed by atoms with Gasteiger partial charge in [-0.1, -0.05) is 6.92 Å². The molecule has 14 heavy (non-hydrogen) atoms. The van der Waals surface area contributed by atoms with Crippen LogP contribution in [-0.4, -0.2) is 61.3 Å². The molecule has 86 valence electrons. The van der Waals surface area contributed by atoms with Crippen LogP contribution in [0.2, 0.25) is 0 Å². The Bertz CT molecular complexity index is 123. The molecule has 0 saturated heterocycles. The molecule has 2 N–H and O–H groups in total. The zero-order valence-corrected chi connectivity index (χ0v) is 10.4. The van der Waals surface area contributed by atoms with E-state index in [0.717, 1.165) is 37.6 Å². The van der Waals surface area contributed by atoms with E-state index in [1.165, 1.54) is 0 Å². The summed E-state index contributed by atoms with van der Waals surface area (Å²) in [6.07, 6.45) is 0.925. The van der Waals surface area contributed by atoms with Gasteiger partial charge in [0.25, 0.3) is 0 Å². The average Bonchev–Trinajstić information content (AvgIpc) is 2.13. The maximum Gasteiger partial charge on any atom is 0.0754 e. The number of aliphatic hydroxyl groups is 1. The lowest BCUT2D eigenvalue weighted by Gasteiger charge is -2.12. The summed E-state index contributed by atoms with van der Waals surface area (Å²) in [6.45, 7) is 4.94. The molecule has 0 amide bonds. The Balaban J connectivity index is 3.14. The van der Waals surface area contributed by atoms with E-state index in [4.69, 9.17) is 0 Å². The van der Waals surface area contributed by atoms with Crippen LogP contribution in [-0.2, 0) is 0 Å². The van der Waals surface area contributed by atoms with E-state index in [1.807, 2.05) is 11.8 Å². The average molecular weight is 220 g/mol. The van der Waals surface area contributed by atoms with E-state index in [1.54, 1.807) is 0 Å². The van der Waals surface area contributed by atoms with E-state index >= 15 is 0 Å². The lowest BCUT2D eigenvalue weighted by molar-refractivity contribution is 0.196.